The first kappa shape index (κ1) is 29.0. The molecule has 44 heavy (non-hydrogen) atoms. The highest BCUT2D eigenvalue weighted by Gasteiger charge is 2.39. The Labute approximate surface area is 269 Å². The van der Waals surface area contributed by atoms with E-state index in [2.05, 4.69) is 40.8 Å². The van der Waals surface area contributed by atoms with Crippen LogP contribution in [-0.4, -0.2) is 76.2 Å². The number of carbonyl (C=O) groups excluding carboxylic acids is 1. The van der Waals surface area contributed by atoms with Crippen molar-refractivity contribution >= 4 is 52.3 Å². The number of β-amino-alcohol motifs (C(OH)–C–C–N with tert-alkyl or cyclic N) is 1. The Morgan fingerprint density at radius 3 is 2.70 bits per heavy atom. The third-order valence-corrected chi connectivity index (χ3v) is 9.42. The Morgan fingerprint density at radius 2 is 2.02 bits per heavy atom. The van der Waals surface area contributed by atoms with E-state index < -0.39 is 5.60 Å². The number of para-hydroxylation sites is 1. The van der Waals surface area contributed by atoms with E-state index in [1.165, 1.54) is 17.8 Å². The second-order valence-electron chi connectivity index (χ2n) is 11.7. The quantitative estimate of drug-likeness (QED) is 0.313. The van der Waals surface area contributed by atoms with Gasteiger partial charge >= 0.3 is 0 Å². The molecule has 1 atom stereocenters. The number of aryl methyl sites for hydroxylation is 2. The molecule has 2 N–H and O–H groups in total. The molecule has 230 valence electrons. The molecular weight excluding hydrogens is 594 g/mol. The maximum atomic E-state index is 12.1. The number of piperazine rings is 1. The number of nitrogens with one attached hydrogen (secondary N) is 1. The summed E-state index contributed by atoms with van der Waals surface area (Å²) in [6.07, 6.45) is 5.79. The van der Waals surface area contributed by atoms with Crippen LogP contribution >= 0.6 is 23.4 Å². The lowest BCUT2D eigenvalue weighted by molar-refractivity contribution is -0.126. The number of amides is 1. The molecule has 0 spiro atoms. The predicted molar refractivity (Wildman–Crippen MR) is 181 cm³/mol. The van der Waals surface area contributed by atoms with Crippen molar-refractivity contribution in [2.45, 2.75) is 38.3 Å². The number of nitrogens with zero attached hydrogens (tertiary/aromatic N) is 6. The topological polar surface area (TPSA) is 88.1 Å². The molecule has 0 bridgehead atoms. The van der Waals surface area contributed by atoms with E-state index in [0.29, 0.717) is 49.7 Å². The maximum absolute atomic E-state index is 12.1. The molecule has 0 aliphatic carbocycles. The molecule has 2 aromatic heterocycles. The summed E-state index contributed by atoms with van der Waals surface area (Å²) < 4.78 is 8.41. The molecule has 0 radical (unpaired) electrons. The molecule has 3 aliphatic rings. The van der Waals surface area contributed by atoms with E-state index in [9.17, 15) is 9.90 Å². The number of pyridine rings is 2. The highest BCUT2D eigenvalue weighted by atomic mass is 35.5. The summed E-state index contributed by atoms with van der Waals surface area (Å²) in [5.74, 6) is 1.52. The summed E-state index contributed by atoms with van der Waals surface area (Å²) >= 11 is 8.03. The molecule has 1 unspecified atom stereocenters. The van der Waals surface area contributed by atoms with Crippen molar-refractivity contribution in [1.82, 2.24) is 14.9 Å². The van der Waals surface area contributed by atoms with Crippen LogP contribution in [0.25, 0.3) is 11.3 Å². The zero-order valence-electron chi connectivity index (χ0n) is 26.3. The average Bonchev–Trinajstić information content (AvgIpc) is 3.38. The van der Waals surface area contributed by atoms with E-state index in [4.69, 9.17) is 22.9 Å². The molecule has 3 aliphatic heterocycles. The van der Waals surface area contributed by atoms with E-state index in [-0.39, 0.29) is 11.4 Å². The smallest absolute Gasteiger partial charge is 0.246 e. The van der Waals surface area contributed by atoms with Gasteiger partial charge in [-0.1, -0.05) is 55.1 Å². The number of aliphatic hydroxyl groups is 1. The molecule has 5 heterocycles. The van der Waals surface area contributed by atoms with Crippen molar-refractivity contribution in [2.75, 3.05) is 59.3 Å². The third kappa shape index (κ3) is 5.98. The van der Waals surface area contributed by atoms with Crippen LogP contribution in [0.1, 0.15) is 26.3 Å². The Morgan fingerprint density at radius 1 is 1.25 bits per heavy atom. The van der Waals surface area contributed by atoms with Gasteiger partial charge in [-0.25, -0.2) is 9.97 Å². The fraction of sp³-hybridized carbons (Fsp3) is 0.364. The number of carbonyl (C=O) groups is 1. The lowest BCUT2D eigenvalue weighted by Gasteiger charge is -2.47. The SMILES string of the molecule is [2H]C1=CN(c2c(C)cccc2Cl)C(Nc2nc(-c3cnc(N4CCN(C(=O)C=C)CC4)c(N4CC(C)(O)C4)c3)ccc2CC)S1. The van der Waals surface area contributed by atoms with Gasteiger partial charge in [-0.15, -0.1) is 0 Å². The third-order valence-electron chi connectivity index (χ3n) is 8.30. The molecule has 11 heteroatoms. The van der Waals surface area contributed by atoms with Crippen LogP contribution in [-0.2, 0) is 11.2 Å². The first-order chi connectivity index (χ1) is 21.6. The van der Waals surface area contributed by atoms with Gasteiger partial charge < -0.3 is 30.0 Å². The number of hydrogen-bond acceptors (Lipinski definition) is 9. The zero-order valence-corrected chi connectivity index (χ0v) is 26.8. The fourth-order valence-electron chi connectivity index (χ4n) is 5.96. The maximum Gasteiger partial charge on any atom is 0.246 e. The van der Waals surface area contributed by atoms with Crippen molar-refractivity contribution < 1.29 is 11.3 Å². The van der Waals surface area contributed by atoms with Crippen molar-refractivity contribution in [2.24, 2.45) is 0 Å². The summed E-state index contributed by atoms with van der Waals surface area (Å²) in [6, 6.07) is 12.0. The Bertz CT molecular complexity index is 1630. The molecular formula is C33H38ClN7O2S. The van der Waals surface area contributed by atoms with Gasteiger partial charge in [-0.2, -0.15) is 0 Å². The highest BCUT2D eigenvalue weighted by molar-refractivity contribution is 8.03. The van der Waals surface area contributed by atoms with Crippen molar-refractivity contribution in [3.8, 4) is 11.3 Å². The van der Waals surface area contributed by atoms with Crippen LogP contribution in [0.4, 0.5) is 23.0 Å². The molecule has 1 amide bonds. The molecule has 6 rings (SSSR count). The van der Waals surface area contributed by atoms with E-state index >= 15 is 0 Å². The van der Waals surface area contributed by atoms with Crippen molar-refractivity contribution in [3.05, 3.63) is 83.0 Å². The highest BCUT2D eigenvalue weighted by Crippen LogP contribution is 2.40. The second kappa shape index (κ2) is 12.3. The van der Waals surface area contributed by atoms with Crippen LogP contribution in [0.15, 0.2) is 66.8 Å². The Kier molecular flexibility index (Phi) is 8.14. The summed E-state index contributed by atoms with van der Waals surface area (Å²) in [4.78, 5) is 30.3. The number of hydrogen-bond donors (Lipinski definition) is 2. The Hall–Kier alpha value is -3.73. The van der Waals surface area contributed by atoms with Gasteiger partial charge in [0.15, 0.2) is 11.3 Å². The lowest BCUT2D eigenvalue weighted by atomic mass is 9.95. The second-order valence-corrected chi connectivity index (χ2v) is 13.0. The molecule has 0 saturated carbocycles. The number of anilines is 4. The first-order valence-corrected chi connectivity index (χ1v) is 16.1. The number of halogens is 1. The van der Waals surface area contributed by atoms with Gasteiger partial charge in [0.05, 0.1) is 29.1 Å². The minimum Gasteiger partial charge on any atom is -0.386 e. The molecule has 3 aromatic rings. The summed E-state index contributed by atoms with van der Waals surface area (Å²) in [6.45, 7) is 13.1. The number of aromatic nitrogens is 2. The van der Waals surface area contributed by atoms with E-state index in [0.717, 1.165) is 51.8 Å². The van der Waals surface area contributed by atoms with Gasteiger partial charge in [0.25, 0.3) is 0 Å². The van der Waals surface area contributed by atoms with Gasteiger partial charge in [0.1, 0.15) is 5.82 Å². The minimum absolute atomic E-state index is 0.0566. The average molecular weight is 633 g/mol. The monoisotopic (exact) mass is 632 g/mol. The summed E-state index contributed by atoms with van der Waals surface area (Å²) in [5.41, 5.74) is 4.47. The largest absolute Gasteiger partial charge is 0.386 e. The van der Waals surface area contributed by atoms with Crippen molar-refractivity contribution in [1.29, 1.82) is 0 Å². The van der Waals surface area contributed by atoms with E-state index in [1.807, 2.05) is 49.2 Å². The first-order valence-electron chi connectivity index (χ1n) is 15.4. The van der Waals surface area contributed by atoms with Crippen molar-refractivity contribution in [3.63, 3.8) is 0 Å². The lowest BCUT2D eigenvalue weighted by Crippen LogP contribution is -2.60. The number of thioether (sulfide) groups is 1. The zero-order chi connectivity index (χ0) is 31.9. The van der Waals surface area contributed by atoms with Crippen LogP contribution in [0.5, 0.6) is 0 Å². The fourth-order valence-corrected chi connectivity index (χ4v) is 7.03. The van der Waals surface area contributed by atoms with Gasteiger partial charge in [0, 0.05) is 57.2 Å². The Balaban J connectivity index is 1.30. The molecule has 2 saturated heterocycles. The van der Waals surface area contributed by atoms with E-state index in [1.54, 1.807) is 11.1 Å². The summed E-state index contributed by atoms with van der Waals surface area (Å²) in [5, 5.41) is 15.2. The minimum atomic E-state index is -0.754. The summed E-state index contributed by atoms with van der Waals surface area (Å²) in [7, 11) is 0. The molecule has 1 aromatic carbocycles. The normalized spacial score (nSPS) is 19.8. The molecule has 2 fully saturated rings. The van der Waals surface area contributed by atoms with Gasteiger partial charge in [0.2, 0.25) is 5.91 Å². The van der Waals surface area contributed by atoms with Crippen LogP contribution in [0, 0.1) is 6.92 Å². The van der Waals surface area contributed by atoms with Gasteiger partial charge in [-0.3, -0.25) is 4.79 Å². The van der Waals surface area contributed by atoms with Crippen LogP contribution in [0.2, 0.25) is 5.02 Å². The standard InChI is InChI=1S/C33H38ClN7O2S/c1-5-23-10-11-26(36-30(23)37-32-41(16-17-44-32)29-22(3)8-7-9-25(29)34)24-18-27(40-20-33(4,43)21-40)31(35-19-24)39-14-12-38(13-15-39)28(42)6-2/h6-11,16-19,32,43H,2,5,12-15,20-21H2,1,3-4H3,(H,36,37)/i17D. The van der Waals surface area contributed by atoms with Crippen LogP contribution < -0.4 is 20.0 Å². The number of benzene rings is 1. The van der Waals surface area contributed by atoms with Gasteiger partial charge in [-0.05, 0) is 61.1 Å². The predicted octanol–water partition coefficient (Wildman–Crippen LogP) is 5.49. The van der Waals surface area contributed by atoms with Crippen LogP contribution in [0.3, 0.4) is 0 Å². The molecule has 9 nitrogen and oxygen atoms in total. The number of rotatable bonds is 8.